The number of nitrogens with zero attached hydrogens (tertiary/aromatic N) is 3. The number of benzene rings is 1. The van der Waals surface area contributed by atoms with Gasteiger partial charge >= 0.3 is 0 Å². The zero-order valence-electron chi connectivity index (χ0n) is 13.4. The van der Waals surface area contributed by atoms with Crippen LogP contribution in [0.1, 0.15) is 42.8 Å². The van der Waals surface area contributed by atoms with E-state index in [1.165, 1.54) is 42.3 Å². The molecule has 1 heterocycles. The van der Waals surface area contributed by atoms with Crippen LogP contribution in [0.3, 0.4) is 0 Å². The van der Waals surface area contributed by atoms with Gasteiger partial charge in [0.25, 0.3) is 0 Å². The zero-order valence-corrected chi connectivity index (χ0v) is 13.4. The summed E-state index contributed by atoms with van der Waals surface area (Å²) in [6.07, 6.45) is 5.02. The van der Waals surface area contributed by atoms with Crippen LogP contribution in [0.25, 0.3) is 11.0 Å². The van der Waals surface area contributed by atoms with Crippen molar-refractivity contribution in [1.29, 1.82) is 0 Å². The predicted octanol–water partition coefficient (Wildman–Crippen LogP) is 2.50. The molecule has 4 heteroatoms. The van der Waals surface area contributed by atoms with Crippen LogP contribution in [0.2, 0.25) is 0 Å². The van der Waals surface area contributed by atoms with E-state index in [2.05, 4.69) is 42.6 Å². The van der Waals surface area contributed by atoms with E-state index < -0.39 is 0 Å². The van der Waals surface area contributed by atoms with Crippen molar-refractivity contribution in [3.63, 3.8) is 0 Å². The Labute approximate surface area is 126 Å². The van der Waals surface area contributed by atoms with E-state index in [-0.39, 0.29) is 6.04 Å². The molecule has 1 atom stereocenters. The van der Waals surface area contributed by atoms with Gasteiger partial charge in [0.15, 0.2) is 0 Å². The summed E-state index contributed by atoms with van der Waals surface area (Å²) in [4.78, 5) is 7.06. The van der Waals surface area contributed by atoms with Gasteiger partial charge < -0.3 is 15.2 Å². The van der Waals surface area contributed by atoms with Gasteiger partial charge in [-0.1, -0.05) is 0 Å². The molecule has 1 aromatic carbocycles. The maximum atomic E-state index is 5.93. The molecule has 0 fully saturated rings. The SMILES string of the molecule is CC(CN)n1c(CN(C)C)nc2cc3c(cc21)CCCC3. The normalized spacial score (nSPS) is 16.4. The number of aromatic nitrogens is 2. The standard InChI is InChI=1S/C17H26N4/c1-12(10-18)21-16-9-14-7-5-4-6-13(14)8-15(16)19-17(21)11-20(2)3/h8-9,12H,4-7,10-11,18H2,1-3H3. The third-order valence-corrected chi connectivity index (χ3v) is 4.47. The molecule has 1 unspecified atom stereocenters. The van der Waals surface area contributed by atoms with Crippen LogP contribution < -0.4 is 5.73 Å². The number of imidazole rings is 1. The van der Waals surface area contributed by atoms with Crippen molar-refractivity contribution in [2.45, 2.75) is 45.2 Å². The Balaban J connectivity index is 2.17. The van der Waals surface area contributed by atoms with Crippen LogP contribution in [-0.4, -0.2) is 35.1 Å². The van der Waals surface area contributed by atoms with Crippen LogP contribution in [0, 0.1) is 0 Å². The van der Waals surface area contributed by atoms with E-state index in [0.717, 1.165) is 17.9 Å². The first-order valence-corrected chi connectivity index (χ1v) is 7.97. The Bertz CT molecular complexity index is 642. The van der Waals surface area contributed by atoms with Gasteiger partial charge in [-0.15, -0.1) is 0 Å². The summed E-state index contributed by atoms with van der Waals surface area (Å²) >= 11 is 0. The van der Waals surface area contributed by atoms with Gasteiger partial charge in [0.2, 0.25) is 0 Å². The molecule has 0 saturated carbocycles. The number of hydrogen-bond donors (Lipinski definition) is 1. The van der Waals surface area contributed by atoms with Gasteiger partial charge in [0.05, 0.1) is 17.6 Å². The highest BCUT2D eigenvalue weighted by Gasteiger charge is 2.18. The number of aryl methyl sites for hydroxylation is 2. The minimum atomic E-state index is 0.284. The lowest BCUT2D eigenvalue weighted by Gasteiger charge is -2.19. The fourth-order valence-corrected chi connectivity index (χ4v) is 3.37. The molecule has 3 rings (SSSR count). The van der Waals surface area contributed by atoms with Gasteiger partial charge in [-0.25, -0.2) is 4.98 Å². The van der Waals surface area contributed by atoms with Gasteiger partial charge in [-0.2, -0.15) is 0 Å². The Morgan fingerprint density at radius 2 is 1.90 bits per heavy atom. The van der Waals surface area contributed by atoms with Gasteiger partial charge in [-0.05, 0) is 70.0 Å². The summed E-state index contributed by atoms with van der Waals surface area (Å²) in [5.41, 5.74) is 11.3. The van der Waals surface area contributed by atoms with E-state index in [4.69, 9.17) is 10.7 Å². The van der Waals surface area contributed by atoms with Gasteiger partial charge in [0.1, 0.15) is 5.82 Å². The van der Waals surface area contributed by atoms with Crippen molar-refractivity contribution < 1.29 is 0 Å². The maximum Gasteiger partial charge on any atom is 0.124 e. The lowest BCUT2D eigenvalue weighted by Crippen LogP contribution is -2.21. The highest BCUT2D eigenvalue weighted by atomic mass is 15.2. The van der Waals surface area contributed by atoms with Crippen molar-refractivity contribution in [2.24, 2.45) is 5.73 Å². The quantitative estimate of drug-likeness (QED) is 0.939. The summed E-state index contributed by atoms with van der Waals surface area (Å²) in [6, 6.07) is 4.96. The average molecular weight is 286 g/mol. The molecule has 0 aliphatic heterocycles. The van der Waals surface area contributed by atoms with Crippen molar-refractivity contribution >= 4 is 11.0 Å². The lowest BCUT2D eigenvalue weighted by atomic mass is 9.91. The smallest absolute Gasteiger partial charge is 0.124 e. The number of hydrogen-bond acceptors (Lipinski definition) is 3. The molecule has 1 aliphatic carbocycles. The van der Waals surface area contributed by atoms with Crippen LogP contribution in [-0.2, 0) is 19.4 Å². The first kappa shape index (κ1) is 14.5. The Hall–Kier alpha value is -1.39. The van der Waals surface area contributed by atoms with E-state index in [1.807, 2.05) is 0 Å². The molecule has 0 amide bonds. The Morgan fingerprint density at radius 1 is 1.24 bits per heavy atom. The molecular formula is C17H26N4. The molecule has 1 aliphatic rings. The van der Waals surface area contributed by atoms with E-state index in [0.29, 0.717) is 6.54 Å². The first-order chi connectivity index (χ1) is 10.1. The molecule has 2 aromatic rings. The van der Waals surface area contributed by atoms with E-state index >= 15 is 0 Å². The molecule has 0 radical (unpaired) electrons. The van der Waals surface area contributed by atoms with E-state index in [1.54, 1.807) is 0 Å². The fourth-order valence-electron chi connectivity index (χ4n) is 3.37. The van der Waals surface area contributed by atoms with Gasteiger partial charge in [-0.3, -0.25) is 0 Å². The van der Waals surface area contributed by atoms with Crippen molar-refractivity contribution in [2.75, 3.05) is 20.6 Å². The Morgan fingerprint density at radius 3 is 2.52 bits per heavy atom. The van der Waals surface area contributed by atoms with Gasteiger partial charge in [0, 0.05) is 12.6 Å². The molecule has 1 aromatic heterocycles. The molecule has 0 saturated heterocycles. The molecule has 114 valence electrons. The van der Waals surface area contributed by atoms with Crippen molar-refractivity contribution in [3.05, 3.63) is 29.1 Å². The topological polar surface area (TPSA) is 47.1 Å². The first-order valence-electron chi connectivity index (χ1n) is 7.97. The highest BCUT2D eigenvalue weighted by Crippen LogP contribution is 2.29. The average Bonchev–Trinajstić information content (AvgIpc) is 2.79. The number of rotatable bonds is 4. The molecule has 0 bridgehead atoms. The van der Waals surface area contributed by atoms with E-state index in [9.17, 15) is 0 Å². The minimum absolute atomic E-state index is 0.284. The lowest BCUT2D eigenvalue weighted by molar-refractivity contribution is 0.374. The molecular weight excluding hydrogens is 260 g/mol. The number of fused-ring (bicyclic) bond motifs is 2. The number of nitrogens with two attached hydrogens (primary N) is 1. The summed E-state index contributed by atoms with van der Waals surface area (Å²) in [5, 5.41) is 0. The van der Waals surface area contributed by atoms with Crippen LogP contribution >= 0.6 is 0 Å². The maximum absolute atomic E-state index is 5.93. The summed E-state index contributed by atoms with van der Waals surface area (Å²) in [6.45, 7) is 3.67. The van der Waals surface area contributed by atoms with Crippen LogP contribution in [0.15, 0.2) is 12.1 Å². The summed E-state index contributed by atoms with van der Waals surface area (Å²) < 4.78 is 2.34. The third kappa shape index (κ3) is 2.70. The third-order valence-electron chi connectivity index (χ3n) is 4.47. The largest absolute Gasteiger partial charge is 0.328 e. The monoisotopic (exact) mass is 286 g/mol. The minimum Gasteiger partial charge on any atom is -0.328 e. The molecule has 2 N–H and O–H groups in total. The zero-order chi connectivity index (χ0) is 15.0. The highest BCUT2D eigenvalue weighted by molar-refractivity contribution is 5.78. The summed E-state index contributed by atoms with van der Waals surface area (Å²) in [7, 11) is 4.17. The fraction of sp³-hybridized carbons (Fsp3) is 0.588. The van der Waals surface area contributed by atoms with Crippen LogP contribution in [0.4, 0.5) is 0 Å². The second kappa shape index (κ2) is 5.78. The molecule has 21 heavy (non-hydrogen) atoms. The second-order valence-corrected chi connectivity index (χ2v) is 6.54. The van der Waals surface area contributed by atoms with Crippen molar-refractivity contribution in [1.82, 2.24) is 14.5 Å². The van der Waals surface area contributed by atoms with Crippen molar-refractivity contribution in [3.8, 4) is 0 Å². The second-order valence-electron chi connectivity index (χ2n) is 6.54. The van der Waals surface area contributed by atoms with Crippen LogP contribution in [0.5, 0.6) is 0 Å². The molecule has 4 nitrogen and oxygen atoms in total. The molecule has 0 spiro atoms. The Kier molecular flexibility index (Phi) is 4.00. The predicted molar refractivity (Wildman–Crippen MR) is 87.5 cm³/mol. The summed E-state index contributed by atoms with van der Waals surface area (Å²) in [5.74, 6) is 1.12.